The molecule has 2 nitrogen and oxygen atoms in total. The Morgan fingerprint density at radius 3 is 3.00 bits per heavy atom. The molecule has 0 fully saturated rings. The molecule has 0 aromatic carbocycles. The molecule has 3 heteroatoms. The van der Waals surface area contributed by atoms with E-state index in [9.17, 15) is 0 Å². The number of nitrogens with two attached hydrogens (primary N) is 1. The number of nitrogens with zero attached hydrogens (tertiary/aromatic N) is 1. The predicted octanol–water partition coefficient (Wildman–Crippen LogP) is 2.68. The minimum Gasteiger partial charge on any atom is -0.326 e. The summed E-state index contributed by atoms with van der Waals surface area (Å²) in [5.74, 6) is 1.89. The molecule has 0 saturated heterocycles. The number of aromatic nitrogens is 1. The molecule has 0 bridgehead atoms. The molecule has 1 aromatic heterocycles. The van der Waals surface area contributed by atoms with E-state index in [1.54, 1.807) is 0 Å². The zero-order valence-electron chi connectivity index (χ0n) is 8.86. The molecule has 0 radical (unpaired) electrons. The molecule has 0 aliphatic rings. The number of rotatable bonds is 5. The minimum atomic E-state index is 0.597. The summed E-state index contributed by atoms with van der Waals surface area (Å²) in [7, 11) is 0. The third-order valence-electron chi connectivity index (χ3n) is 2.25. The lowest BCUT2D eigenvalue weighted by Gasteiger charge is -2.07. The summed E-state index contributed by atoms with van der Waals surface area (Å²) in [4.78, 5) is 4.30. The first-order valence-electron chi connectivity index (χ1n) is 5.04. The van der Waals surface area contributed by atoms with Gasteiger partial charge in [-0.1, -0.05) is 20.3 Å². The second-order valence-electron chi connectivity index (χ2n) is 3.53. The van der Waals surface area contributed by atoms with Gasteiger partial charge in [0.15, 0.2) is 0 Å². The molecule has 78 valence electrons. The summed E-state index contributed by atoms with van der Waals surface area (Å²) in [6.45, 7) is 5.08. The Kier molecular flexibility index (Phi) is 4.98. The average Bonchev–Trinajstić information content (AvgIpc) is 2.26. The van der Waals surface area contributed by atoms with Crippen LogP contribution in [0.2, 0.25) is 0 Å². The highest BCUT2D eigenvalue weighted by Gasteiger charge is 2.01. The highest BCUT2D eigenvalue weighted by molar-refractivity contribution is 7.99. The van der Waals surface area contributed by atoms with Gasteiger partial charge in [-0.3, -0.25) is 0 Å². The van der Waals surface area contributed by atoms with Gasteiger partial charge in [0.25, 0.3) is 0 Å². The molecule has 0 saturated carbocycles. The van der Waals surface area contributed by atoms with Gasteiger partial charge in [-0.15, -0.1) is 11.8 Å². The highest BCUT2D eigenvalue weighted by Crippen LogP contribution is 2.20. The zero-order chi connectivity index (χ0) is 10.4. The van der Waals surface area contributed by atoms with Crippen LogP contribution in [0.4, 0.5) is 0 Å². The van der Waals surface area contributed by atoms with Crippen molar-refractivity contribution >= 4 is 11.8 Å². The lowest BCUT2D eigenvalue weighted by Crippen LogP contribution is -1.98. The van der Waals surface area contributed by atoms with Crippen molar-refractivity contribution in [2.24, 2.45) is 11.7 Å². The second kappa shape index (κ2) is 6.04. The van der Waals surface area contributed by atoms with E-state index in [4.69, 9.17) is 5.73 Å². The fourth-order valence-electron chi connectivity index (χ4n) is 1.00. The van der Waals surface area contributed by atoms with Crippen molar-refractivity contribution in [3.05, 3.63) is 23.9 Å². The van der Waals surface area contributed by atoms with E-state index in [1.165, 1.54) is 6.42 Å². The molecule has 1 aromatic rings. The quantitative estimate of drug-likeness (QED) is 0.759. The van der Waals surface area contributed by atoms with Gasteiger partial charge in [-0.25, -0.2) is 4.98 Å². The molecule has 1 unspecified atom stereocenters. The maximum Gasteiger partial charge on any atom is 0.0963 e. The molecule has 2 N–H and O–H groups in total. The number of thioether (sulfide) groups is 1. The van der Waals surface area contributed by atoms with Crippen LogP contribution in [0.3, 0.4) is 0 Å². The molecule has 0 amide bonds. The summed E-state index contributed by atoms with van der Waals surface area (Å²) in [6, 6.07) is 4.04. The Morgan fingerprint density at radius 1 is 1.57 bits per heavy atom. The normalized spacial score (nSPS) is 12.8. The molecule has 1 rings (SSSR count). The van der Waals surface area contributed by atoms with Gasteiger partial charge in [-0.2, -0.15) is 0 Å². The van der Waals surface area contributed by atoms with Gasteiger partial charge in [0.2, 0.25) is 0 Å². The van der Waals surface area contributed by atoms with Crippen molar-refractivity contribution in [3.63, 3.8) is 0 Å². The summed E-state index contributed by atoms with van der Waals surface area (Å²) < 4.78 is 0. The van der Waals surface area contributed by atoms with Crippen LogP contribution < -0.4 is 5.73 Å². The van der Waals surface area contributed by atoms with Gasteiger partial charge in [0.05, 0.1) is 5.03 Å². The lowest BCUT2D eigenvalue weighted by molar-refractivity contribution is 0.636. The predicted molar refractivity (Wildman–Crippen MR) is 62.3 cm³/mol. The van der Waals surface area contributed by atoms with Crippen molar-refractivity contribution in [3.8, 4) is 0 Å². The van der Waals surface area contributed by atoms with E-state index >= 15 is 0 Å². The maximum atomic E-state index is 5.56. The van der Waals surface area contributed by atoms with Crippen molar-refractivity contribution in [1.82, 2.24) is 4.98 Å². The maximum absolute atomic E-state index is 5.56. The number of pyridine rings is 1. The molecular weight excluding hydrogens is 192 g/mol. The molecule has 1 atom stereocenters. The molecule has 0 aliphatic carbocycles. The van der Waals surface area contributed by atoms with E-state index in [2.05, 4.69) is 24.9 Å². The van der Waals surface area contributed by atoms with E-state index in [0.29, 0.717) is 6.54 Å². The largest absolute Gasteiger partial charge is 0.326 e. The van der Waals surface area contributed by atoms with Gasteiger partial charge < -0.3 is 5.73 Å². The first kappa shape index (κ1) is 11.5. The summed E-state index contributed by atoms with van der Waals surface area (Å²) >= 11 is 1.82. The summed E-state index contributed by atoms with van der Waals surface area (Å²) in [5.41, 5.74) is 6.72. The number of hydrogen-bond donors (Lipinski definition) is 1. The van der Waals surface area contributed by atoms with Gasteiger partial charge in [0.1, 0.15) is 0 Å². The first-order valence-corrected chi connectivity index (χ1v) is 6.02. The third-order valence-corrected chi connectivity index (χ3v) is 3.50. The minimum absolute atomic E-state index is 0.597. The van der Waals surface area contributed by atoms with E-state index in [0.717, 1.165) is 22.3 Å². The van der Waals surface area contributed by atoms with E-state index in [-0.39, 0.29) is 0 Å². The Hall–Kier alpha value is -0.540. The SMILES string of the molecule is CCC(C)CSc1cc(CN)ccn1. The summed E-state index contributed by atoms with van der Waals surface area (Å²) in [5, 5.41) is 1.09. The van der Waals surface area contributed by atoms with Crippen LogP contribution in [0.1, 0.15) is 25.8 Å². The third kappa shape index (κ3) is 3.68. The van der Waals surface area contributed by atoms with Crippen LogP contribution in [0, 0.1) is 5.92 Å². The molecule has 14 heavy (non-hydrogen) atoms. The average molecular weight is 210 g/mol. The van der Waals surface area contributed by atoms with Crippen molar-refractivity contribution in [1.29, 1.82) is 0 Å². The molecule has 0 spiro atoms. The van der Waals surface area contributed by atoms with Crippen LogP contribution in [0.15, 0.2) is 23.4 Å². The Morgan fingerprint density at radius 2 is 2.36 bits per heavy atom. The second-order valence-corrected chi connectivity index (χ2v) is 4.57. The van der Waals surface area contributed by atoms with E-state index < -0.39 is 0 Å². The fraction of sp³-hybridized carbons (Fsp3) is 0.545. The van der Waals surface area contributed by atoms with Gasteiger partial charge in [-0.05, 0) is 23.6 Å². The van der Waals surface area contributed by atoms with E-state index in [1.807, 2.05) is 24.0 Å². The lowest BCUT2D eigenvalue weighted by atomic mass is 10.2. The van der Waals surface area contributed by atoms with Crippen LogP contribution in [0.5, 0.6) is 0 Å². The topological polar surface area (TPSA) is 38.9 Å². The Labute approximate surface area is 90.3 Å². The highest BCUT2D eigenvalue weighted by atomic mass is 32.2. The standard InChI is InChI=1S/C11H18N2S/c1-3-9(2)8-14-11-6-10(7-12)4-5-13-11/h4-6,9H,3,7-8,12H2,1-2H3. The van der Waals surface area contributed by atoms with Crippen LogP contribution in [-0.4, -0.2) is 10.7 Å². The monoisotopic (exact) mass is 210 g/mol. The Balaban J connectivity index is 2.50. The van der Waals surface area contributed by atoms with Gasteiger partial charge >= 0.3 is 0 Å². The van der Waals surface area contributed by atoms with Crippen molar-refractivity contribution in [2.75, 3.05) is 5.75 Å². The fourth-order valence-corrected chi connectivity index (χ4v) is 2.06. The Bertz CT molecular complexity index is 276. The van der Waals surface area contributed by atoms with Crippen molar-refractivity contribution < 1.29 is 0 Å². The molecule has 1 heterocycles. The molecular formula is C11H18N2S. The van der Waals surface area contributed by atoms with Crippen LogP contribution >= 0.6 is 11.8 Å². The molecule has 0 aliphatic heterocycles. The first-order chi connectivity index (χ1) is 6.76. The van der Waals surface area contributed by atoms with Gasteiger partial charge in [0, 0.05) is 18.5 Å². The summed E-state index contributed by atoms with van der Waals surface area (Å²) in [6.07, 6.45) is 3.06. The van der Waals surface area contributed by atoms with Crippen LogP contribution in [-0.2, 0) is 6.54 Å². The van der Waals surface area contributed by atoms with Crippen molar-refractivity contribution in [2.45, 2.75) is 31.8 Å². The smallest absolute Gasteiger partial charge is 0.0963 e. The number of hydrogen-bond acceptors (Lipinski definition) is 3. The van der Waals surface area contributed by atoms with Crippen LogP contribution in [0.25, 0.3) is 0 Å². The zero-order valence-corrected chi connectivity index (χ0v) is 9.68.